The molecule has 2 heterocycles. The van der Waals surface area contributed by atoms with Crippen molar-refractivity contribution in [2.75, 3.05) is 36.4 Å². The number of rotatable bonds is 9. The lowest BCUT2D eigenvalue weighted by atomic mass is 9.86. The van der Waals surface area contributed by atoms with Crippen LogP contribution in [0.5, 0.6) is 0 Å². The number of benzene rings is 3. The highest BCUT2D eigenvalue weighted by Crippen LogP contribution is 2.30. The third-order valence-electron chi connectivity index (χ3n) is 8.50. The van der Waals surface area contributed by atoms with Crippen molar-refractivity contribution in [3.05, 3.63) is 125 Å². The fourth-order valence-electron chi connectivity index (χ4n) is 5.66. The number of carbonyl (C=O) groups excluding carboxylic acids is 3. The van der Waals surface area contributed by atoms with Gasteiger partial charge in [0.15, 0.2) is 0 Å². The monoisotopic (exact) mass is 647 g/mol. The molecular formula is C38H41N5O5. The number of carboxylic acid groups (broad SMARTS) is 1. The number of piperazine rings is 1. The summed E-state index contributed by atoms with van der Waals surface area (Å²) in [6, 6.07) is 22.6. The van der Waals surface area contributed by atoms with E-state index in [0.29, 0.717) is 54.2 Å². The highest BCUT2D eigenvalue weighted by atomic mass is 16.4. The van der Waals surface area contributed by atoms with Gasteiger partial charge >= 0.3 is 5.97 Å². The normalized spacial score (nSPS) is 13.8. The molecule has 0 aliphatic carbocycles. The van der Waals surface area contributed by atoms with Crippen LogP contribution in [0.15, 0.2) is 91.3 Å². The average molecular weight is 648 g/mol. The van der Waals surface area contributed by atoms with Crippen LogP contribution in [0.25, 0.3) is 0 Å². The van der Waals surface area contributed by atoms with Gasteiger partial charge in [-0.05, 0) is 65.9 Å². The third kappa shape index (κ3) is 8.25. The highest BCUT2D eigenvalue weighted by molar-refractivity contribution is 6.07. The van der Waals surface area contributed by atoms with Gasteiger partial charge in [-0.25, -0.2) is 0 Å². The molecule has 3 aromatic carbocycles. The first-order valence-electron chi connectivity index (χ1n) is 16.0. The molecule has 1 atom stereocenters. The summed E-state index contributed by atoms with van der Waals surface area (Å²) in [5, 5.41) is 15.5. The van der Waals surface area contributed by atoms with Crippen molar-refractivity contribution in [1.29, 1.82) is 0 Å². The van der Waals surface area contributed by atoms with E-state index in [2.05, 4.69) is 41.3 Å². The minimum Gasteiger partial charge on any atom is -0.481 e. The number of hydrogen-bond acceptors (Lipinski definition) is 6. The number of amides is 3. The molecule has 1 unspecified atom stereocenters. The first-order chi connectivity index (χ1) is 22.9. The van der Waals surface area contributed by atoms with Crippen molar-refractivity contribution in [2.24, 2.45) is 0 Å². The Morgan fingerprint density at radius 2 is 1.50 bits per heavy atom. The van der Waals surface area contributed by atoms with E-state index in [9.17, 15) is 24.3 Å². The average Bonchev–Trinajstić information content (AvgIpc) is 3.08. The Kier molecular flexibility index (Phi) is 10.2. The number of nitrogens with zero attached hydrogens (tertiary/aromatic N) is 3. The molecule has 1 aromatic heterocycles. The number of carboxylic acids is 1. The molecule has 48 heavy (non-hydrogen) atoms. The quantitative estimate of drug-likeness (QED) is 0.208. The van der Waals surface area contributed by atoms with E-state index >= 15 is 0 Å². The first-order valence-corrected chi connectivity index (χ1v) is 16.0. The lowest BCUT2D eigenvalue weighted by Gasteiger charge is -2.37. The SMILES string of the molecule is Cc1ccc(C(CC(=O)O)NC(=O)c2ccc(N3CCN(C(=O)c4cccnc4)CC3)c(NC(=O)c3ccc(C(C)(C)C)cc3)c2)cc1. The van der Waals surface area contributed by atoms with Crippen LogP contribution in [0.2, 0.25) is 0 Å². The Morgan fingerprint density at radius 3 is 2.10 bits per heavy atom. The first kappa shape index (κ1) is 33.8. The van der Waals surface area contributed by atoms with Crippen molar-refractivity contribution < 1.29 is 24.3 Å². The van der Waals surface area contributed by atoms with Crippen LogP contribution >= 0.6 is 0 Å². The van der Waals surface area contributed by atoms with E-state index in [0.717, 1.165) is 11.1 Å². The molecule has 1 aliphatic heterocycles. The predicted octanol–water partition coefficient (Wildman–Crippen LogP) is 5.85. The second kappa shape index (κ2) is 14.5. The van der Waals surface area contributed by atoms with E-state index in [1.165, 1.54) is 0 Å². The van der Waals surface area contributed by atoms with Gasteiger partial charge in [0, 0.05) is 49.7 Å². The summed E-state index contributed by atoms with van der Waals surface area (Å²) >= 11 is 0. The number of aromatic nitrogens is 1. The van der Waals surface area contributed by atoms with E-state index in [1.807, 2.05) is 43.3 Å². The Bertz CT molecular complexity index is 1780. The molecule has 0 spiro atoms. The molecule has 0 bridgehead atoms. The van der Waals surface area contributed by atoms with Crippen molar-refractivity contribution in [3.8, 4) is 0 Å². The smallest absolute Gasteiger partial charge is 0.305 e. The van der Waals surface area contributed by atoms with Crippen molar-refractivity contribution in [2.45, 2.75) is 45.6 Å². The molecule has 3 amide bonds. The van der Waals surface area contributed by atoms with Gasteiger partial charge in [-0.15, -0.1) is 0 Å². The maximum atomic E-state index is 13.6. The second-order valence-corrected chi connectivity index (χ2v) is 13.1. The van der Waals surface area contributed by atoms with Gasteiger partial charge < -0.3 is 25.5 Å². The number of nitrogens with one attached hydrogen (secondary N) is 2. The lowest BCUT2D eigenvalue weighted by Crippen LogP contribution is -2.49. The van der Waals surface area contributed by atoms with Crippen molar-refractivity contribution >= 4 is 35.1 Å². The molecule has 0 saturated carbocycles. The summed E-state index contributed by atoms with van der Waals surface area (Å²) in [5.41, 5.74) is 5.14. The van der Waals surface area contributed by atoms with E-state index < -0.39 is 17.9 Å². The maximum Gasteiger partial charge on any atom is 0.305 e. The summed E-state index contributed by atoms with van der Waals surface area (Å²) in [5.74, 6) is -1.93. The number of hydrogen-bond donors (Lipinski definition) is 3. The number of aryl methyl sites for hydroxylation is 1. The number of aliphatic carboxylic acids is 1. The van der Waals surface area contributed by atoms with Gasteiger partial charge in [-0.2, -0.15) is 0 Å². The van der Waals surface area contributed by atoms with Crippen molar-refractivity contribution in [3.63, 3.8) is 0 Å². The summed E-state index contributed by atoms with van der Waals surface area (Å²) in [6.45, 7) is 10.2. The van der Waals surface area contributed by atoms with E-state index in [1.54, 1.807) is 59.8 Å². The Hall–Kier alpha value is -5.51. The minimum atomic E-state index is -1.04. The zero-order valence-corrected chi connectivity index (χ0v) is 27.7. The standard InChI is InChI=1S/C38H41N5O5/c1-25-7-9-26(10-8-25)31(23-34(44)45)40-36(47)28-13-16-33(42-18-20-43(21-19-42)37(48)29-6-5-17-39-24-29)32(22-28)41-35(46)27-11-14-30(15-12-27)38(2,3)4/h5-17,22,24,31H,18-21,23H2,1-4H3,(H,40,47)(H,41,46)(H,44,45). The zero-order chi connectivity index (χ0) is 34.4. The molecule has 248 valence electrons. The summed E-state index contributed by atoms with van der Waals surface area (Å²) in [4.78, 5) is 59.7. The third-order valence-corrected chi connectivity index (χ3v) is 8.50. The molecule has 10 heteroatoms. The largest absolute Gasteiger partial charge is 0.481 e. The van der Waals surface area contributed by atoms with Gasteiger partial charge in [-0.3, -0.25) is 24.2 Å². The fraction of sp³-hybridized carbons (Fsp3) is 0.289. The molecule has 0 radical (unpaired) electrons. The number of anilines is 2. The van der Waals surface area contributed by atoms with Gasteiger partial charge in [-0.1, -0.05) is 62.7 Å². The van der Waals surface area contributed by atoms with Crippen LogP contribution < -0.4 is 15.5 Å². The van der Waals surface area contributed by atoms with E-state index in [4.69, 9.17) is 0 Å². The maximum absolute atomic E-state index is 13.6. The van der Waals surface area contributed by atoms with Crippen LogP contribution in [0.3, 0.4) is 0 Å². The summed E-state index contributed by atoms with van der Waals surface area (Å²) in [6.07, 6.45) is 2.89. The summed E-state index contributed by atoms with van der Waals surface area (Å²) < 4.78 is 0. The summed E-state index contributed by atoms with van der Waals surface area (Å²) in [7, 11) is 0. The molecule has 3 N–H and O–H groups in total. The topological polar surface area (TPSA) is 132 Å². The van der Waals surface area contributed by atoms with Gasteiger partial charge in [0.25, 0.3) is 17.7 Å². The van der Waals surface area contributed by atoms with Crippen LogP contribution in [0.4, 0.5) is 11.4 Å². The van der Waals surface area contributed by atoms with Crippen LogP contribution in [-0.2, 0) is 10.2 Å². The Labute approximate surface area is 280 Å². The molecule has 4 aromatic rings. The molecule has 1 fully saturated rings. The second-order valence-electron chi connectivity index (χ2n) is 13.1. The molecular weight excluding hydrogens is 606 g/mol. The van der Waals surface area contributed by atoms with Gasteiger partial charge in [0.1, 0.15) is 0 Å². The Morgan fingerprint density at radius 1 is 0.833 bits per heavy atom. The number of carbonyl (C=O) groups is 4. The number of pyridine rings is 1. The van der Waals surface area contributed by atoms with Crippen LogP contribution in [0, 0.1) is 6.92 Å². The zero-order valence-electron chi connectivity index (χ0n) is 27.7. The fourth-order valence-corrected chi connectivity index (χ4v) is 5.66. The molecule has 1 aliphatic rings. The van der Waals surface area contributed by atoms with Crippen LogP contribution in [-0.4, -0.2) is 64.9 Å². The highest BCUT2D eigenvalue weighted by Gasteiger charge is 2.26. The Balaban J connectivity index is 1.40. The molecule has 5 rings (SSSR count). The van der Waals surface area contributed by atoms with Gasteiger partial charge in [0.05, 0.1) is 29.4 Å². The van der Waals surface area contributed by atoms with Crippen LogP contribution in [0.1, 0.15) is 81.0 Å². The minimum absolute atomic E-state index is 0.0680. The van der Waals surface area contributed by atoms with Crippen molar-refractivity contribution in [1.82, 2.24) is 15.2 Å². The van der Waals surface area contributed by atoms with E-state index in [-0.39, 0.29) is 29.2 Å². The predicted molar refractivity (Wildman–Crippen MR) is 186 cm³/mol. The lowest BCUT2D eigenvalue weighted by molar-refractivity contribution is -0.137. The molecule has 1 saturated heterocycles. The van der Waals surface area contributed by atoms with Gasteiger partial charge in [0.2, 0.25) is 0 Å². The molecule has 10 nitrogen and oxygen atoms in total.